The molecule has 1 heterocycles. The zero-order chi connectivity index (χ0) is 12.4. The van der Waals surface area contributed by atoms with Crippen LogP contribution in [0.4, 0.5) is 5.69 Å². The number of aromatic nitrogens is 1. The van der Waals surface area contributed by atoms with E-state index < -0.39 is 0 Å². The molecule has 0 atom stereocenters. The maximum Gasteiger partial charge on any atom is 0.275 e. The smallest absolute Gasteiger partial charge is 0.275 e. The summed E-state index contributed by atoms with van der Waals surface area (Å²) in [4.78, 5) is 16.0. The summed E-state index contributed by atoms with van der Waals surface area (Å²) >= 11 is 9.43. The number of carbonyl (C=O) groups is 1. The minimum atomic E-state index is -0.199. The van der Waals surface area contributed by atoms with Gasteiger partial charge in [0.1, 0.15) is 5.69 Å². The Labute approximate surface area is 121 Å². The van der Waals surface area contributed by atoms with Crippen molar-refractivity contribution >= 4 is 57.1 Å². The van der Waals surface area contributed by atoms with Crippen LogP contribution in [-0.2, 0) is 0 Å². The van der Waals surface area contributed by atoms with Gasteiger partial charge >= 0.3 is 0 Å². The van der Waals surface area contributed by atoms with Crippen LogP contribution in [-0.4, -0.2) is 10.9 Å². The van der Waals surface area contributed by atoms with Crippen molar-refractivity contribution in [3.05, 3.63) is 42.9 Å². The number of benzene rings is 1. The molecule has 3 nitrogen and oxygen atoms in total. The molecule has 0 fully saturated rings. The van der Waals surface area contributed by atoms with Gasteiger partial charge in [-0.25, -0.2) is 4.98 Å². The van der Waals surface area contributed by atoms with E-state index in [1.807, 2.05) is 6.92 Å². The van der Waals surface area contributed by atoms with Gasteiger partial charge < -0.3 is 5.32 Å². The molecule has 6 heteroatoms. The number of hydrogen-bond donors (Lipinski definition) is 1. The lowest BCUT2D eigenvalue weighted by Gasteiger charge is -2.05. The van der Waals surface area contributed by atoms with Gasteiger partial charge in [0.25, 0.3) is 5.91 Å². The second-order valence-corrected chi connectivity index (χ2v) is 5.99. The summed E-state index contributed by atoms with van der Waals surface area (Å²) < 4.78 is 0.899. The van der Waals surface area contributed by atoms with Crippen LogP contribution in [0.25, 0.3) is 0 Å². The fourth-order valence-corrected chi connectivity index (χ4v) is 2.84. The summed E-state index contributed by atoms with van der Waals surface area (Å²) in [6.45, 7) is 1.87. The van der Waals surface area contributed by atoms with Gasteiger partial charge in [-0.3, -0.25) is 4.79 Å². The first-order chi connectivity index (χ1) is 8.06. The van der Waals surface area contributed by atoms with E-state index in [1.165, 1.54) is 11.3 Å². The third kappa shape index (κ3) is 3.17. The van der Waals surface area contributed by atoms with Crippen LogP contribution in [0.1, 0.15) is 15.5 Å². The molecular formula is C11H8ClIN2OS. The van der Waals surface area contributed by atoms with E-state index in [4.69, 9.17) is 11.6 Å². The predicted octanol–water partition coefficient (Wildman–Crippen LogP) is 3.96. The molecule has 0 bridgehead atoms. The van der Waals surface area contributed by atoms with Crippen LogP contribution in [0, 0.1) is 10.5 Å². The van der Waals surface area contributed by atoms with E-state index in [9.17, 15) is 4.79 Å². The van der Waals surface area contributed by atoms with Crippen LogP contribution in [0.5, 0.6) is 0 Å². The fourth-order valence-electron chi connectivity index (χ4n) is 1.24. The molecule has 0 saturated heterocycles. The number of nitrogens with one attached hydrogen (secondary N) is 1. The molecule has 88 valence electrons. The number of thiazole rings is 1. The van der Waals surface area contributed by atoms with Crippen molar-refractivity contribution in [2.75, 3.05) is 5.32 Å². The quantitative estimate of drug-likeness (QED) is 0.804. The summed E-state index contributed by atoms with van der Waals surface area (Å²) in [6, 6.07) is 5.32. The highest BCUT2D eigenvalue weighted by Gasteiger charge is 2.11. The van der Waals surface area contributed by atoms with Crippen LogP contribution in [0.2, 0.25) is 5.02 Å². The van der Waals surface area contributed by atoms with Crippen molar-refractivity contribution in [1.82, 2.24) is 4.98 Å². The minimum Gasteiger partial charge on any atom is -0.320 e. The van der Waals surface area contributed by atoms with Crippen molar-refractivity contribution < 1.29 is 4.79 Å². The lowest BCUT2D eigenvalue weighted by Crippen LogP contribution is -2.13. The van der Waals surface area contributed by atoms with Crippen molar-refractivity contribution in [3.8, 4) is 0 Å². The van der Waals surface area contributed by atoms with Gasteiger partial charge in [-0.05, 0) is 47.7 Å². The molecule has 2 rings (SSSR count). The van der Waals surface area contributed by atoms with Crippen molar-refractivity contribution in [2.45, 2.75) is 6.92 Å². The highest BCUT2D eigenvalue weighted by Crippen LogP contribution is 2.23. The van der Waals surface area contributed by atoms with Gasteiger partial charge in [0.2, 0.25) is 0 Å². The average molecular weight is 379 g/mol. The minimum absolute atomic E-state index is 0.199. The number of rotatable bonds is 2. The molecule has 0 radical (unpaired) electrons. The van der Waals surface area contributed by atoms with Gasteiger partial charge in [-0.2, -0.15) is 0 Å². The van der Waals surface area contributed by atoms with Crippen LogP contribution in [0.3, 0.4) is 0 Å². The SMILES string of the molecule is Cc1nc(C(=O)Nc2ccc(Cl)cc2I)cs1. The van der Waals surface area contributed by atoms with Gasteiger partial charge in [0, 0.05) is 14.0 Å². The number of nitrogens with zero attached hydrogens (tertiary/aromatic N) is 1. The van der Waals surface area contributed by atoms with Gasteiger partial charge in [0.15, 0.2) is 0 Å². The Kier molecular flexibility index (Phi) is 4.01. The van der Waals surface area contributed by atoms with Crippen molar-refractivity contribution in [1.29, 1.82) is 0 Å². The number of aryl methyl sites for hydroxylation is 1. The highest BCUT2D eigenvalue weighted by molar-refractivity contribution is 14.1. The number of hydrogen-bond acceptors (Lipinski definition) is 3. The third-order valence-electron chi connectivity index (χ3n) is 2.03. The molecule has 0 unspecified atom stereocenters. The Bertz CT molecular complexity index is 570. The Morgan fingerprint density at radius 2 is 2.29 bits per heavy atom. The second-order valence-electron chi connectivity index (χ2n) is 3.33. The first kappa shape index (κ1) is 12.8. The highest BCUT2D eigenvalue weighted by atomic mass is 127. The summed E-state index contributed by atoms with van der Waals surface area (Å²) in [5, 5.41) is 6.08. The van der Waals surface area contributed by atoms with Gasteiger partial charge in [0.05, 0.1) is 10.7 Å². The first-order valence-electron chi connectivity index (χ1n) is 4.75. The zero-order valence-corrected chi connectivity index (χ0v) is 12.6. The summed E-state index contributed by atoms with van der Waals surface area (Å²) in [5.74, 6) is -0.199. The Balaban J connectivity index is 2.18. The monoisotopic (exact) mass is 378 g/mol. The van der Waals surface area contributed by atoms with Gasteiger partial charge in [-0.15, -0.1) is 11.3 Å². The lowest BCUT2D eigenvalue weighted by atomic mass is 10.3. The van der Waals surface area contributed by atoms with Gasteiger partial charge in [-0.1, -0.05) is 11.6 Å². The lowest BCUT2D eigenvalue weighted by molar-refractivity contribution is 0.102. The molecular weight excluding hydrogens is 371 g/mol. The third-order valence-corrected chi connectivity index (χ3v) is 3.93. The maximum absolute atomic E-state index is 11.9. The molecule has 0 saturated carbocycles. The van der Waals surface area contributed by atoms with Crippen molar-refractivity contribution in [2.24, 2.45) is 0 Å². The fraction of sp³-hybridized carbons (Fsp3) is 0.0909. The van der Waals surface area contributed by atoms with E-state index in [2.05, 4.69) is 32.9 Å². The molecule has 1 N–H and O–H groups in total. The Morgan fingerprint density at radius 1 is 1.53 bits per heavy atom. The molecule has 17 heavy (non-hydrogen) atoms. The normalized spacial score (nSPS) is 10.3. The topological polar surface area (TPSA) is 42.0 Å². The Morgan fingerprint density at radius 3 is 2.88 bits per heavy atom. The largest absolute Gasteiger partial charge is 0.320 e. The summed E-state index contributed by atoms with van der Waals surface area (Å²) in [5.41, 5.74) is 1.18. The van der Waals surface area contributed by atoms with E-state index in [0.717, 1.165) is 14.3 Å². The van der Waals surface area contributed by atoms with Crippen LogP contribution in [0.15, 0.2) is 23.6 Å². The van der Waals surface area contributed by atoms with E-state index in [-0.39, 0.29) is 5.91 Å². The summed E-state index contributed by atoms with van der Waals surface area (Å²) in [6.07, 6.45) is 0. The average Bonchev–Trinajstić information content (AvgIpc) is 2.69. The molecule has 0 spiro atoms. The number of carbonyl (C=O) groups excluding carboxylic acids is 1. The molecule has 0 aliphatic heterocycles. The molecule has 1 amide bonds. The maximum atomic E-state index is 11.9. The summed E-state index contributed by atoms with van der Waals surface area (Å²) in [7, 11) is 0. The molecule has 1 aromatic heterocycles. The Hall–Kier alpha value is -0.660. The number of anilines is 1. The first-order valence-corrected chi connectivity index (χ1v) is 7.08. The molecule has 0 aliphatic carbocycles. The zero-order valence-electron chi connectivity index (χ0n) is 8.83. The van der Waals surface area contributed by atoms with Crippen LogP contribution >= 0.6 is 45.5 Å². The second kappa shape index (κ2) is 5.32. The van der Waals surface area contributed by atoms with Crippen molar-refractivity contribution in [3.63, 3.8) is 0 Å². The van der Waals surface area contributed by atoms with E-state index in [0.29, 0.717) is 10.7 Å². The molecule has 1 aromatic carbocycles. The van der Waals surface area contributed by atoms with E-state index >= 15 is 0 Å². The number of halogens is 2. The standard InChI is InChI=1S/C11H8ClIN2OS/c1-6-14-10(5-17-6)11(16)15-9-3-2-7(12)4-8(9)13/h2-5H,1H3,(H,15,16). The molecule has 2 aromatic rings. The number of amides is 1. The predicted molar refractivity (Wildman–Crippen MR) is 79.0 cm³/mol. The van der Waals surface area contributed by atoms with Crippen LogP contribution < -0.4 is 5.32 Å². The van der Waals surface area contributed by atoms with E-state index in [1.54, 1.807) is 23.6 Å². The molecule has 0 aliphatic rings.